The molecule has 0 unspecified atom stereocenters. The fourth-order valence-corrected chi connectivity index (χ4v) is 1.29. The van der Waals surface area contributed by atoms with Crippen LogP contribution in [0.4, 0.5) is 0 Å². The zero-order chi connectivity index (χ0) is 7.68. The van der Waals surface area contributed by atoms with Crippen molar-refractivity contribution in [3.63, 3.8) is 0 Å². The minimum atomic E-state index is 0.920. The largest absolute Gasteiger partial charge is 0.233 e. The maximum Gasteiger partial charge on any atom is 0.198 e. The highest BCUT2D eigenvalue weighted by Crippen LogP contribution is 2.15. The van der Waals surface area contributed by atoms with Crippen LogP contribution >= 0.6 is 15.9 Å². The molecule has 2 aromatic rings. The lowest BCUT2D eigenvalue weighted by molar-refractivity contribution is 1.20. The molecule has 0 aliphatic carbocycles. The van der Waals surface area contributed by atoms with Gasteiger partial charge >= 0.3 is 0 Å². The third-order valence-corrected chi connectivity index (χ3v) is 1.91. The number of rotatable bonds is 0. The molecule has 0 fully saturated rings. The molecule has 0 saturated heterocycles. The van der Waals surface area contributed by atoms with E-state index in [1.54, 1.807) is 6.20 Å². The van der Waals surface area contributed by atoms with Crippen LogP contribution in [0.15, 0.2) is 28.9 Å². The maximum atomic E-state index is 3.97. The van der Waals surface area contributed by atoms with E-state index in [1.807, 2.05) is 18.2 Å². The Morgan fingerprint density at radius 2 is 2.27 bits per heavy atom. The second-order valence-corrected chi connectivity index (χ2v) is 3.09. The third-order valence-electron chi connectivity index (χ3n) is 1.42. The van der Waals surface area contributed by atoms with E-state index >= 15 is 0 Å². The van der Waals surface area contributed by atoms with E-state index in [0.717, 1.165) is 15.4 Å². The zero-order valence-corrected chi connectivity index (χ0v) is 7.17. The van der Waals surface area contributed by atoms with E-state index in [0.29, 0.717) is 0 Å². The summed E-state index contributed by atoms with van der Waals surface area (Å²) in [5.41, 5.74) is 0.920. The monoisotopic (exact) mass is 207 g/mol. The summed E-state index contributed by atoms with van der Waals surface area (Å²) in [7, 11) is 0. The fourth-order valence-electron chi connectivity index (χ4n) is 0.912. The summed E-state index contributed by atoms with van der Waals surface area (Å²) in [5, 5.41) is 1.03. The molecule has 11 heavy (non-hydrogen) atoms. The van der Waals surface area contributed by atoms with Crippen molar-refractivity contribution in [2.24, 2.45) is 0 Å². The molecule has 1 aromatic heterocycles. The minimum Gasteiger partial charge on any atom is -0.233 e. The van der Waals surface area contributed by atoms with Gasteiger partial charge in [0.2, 0.25) is 0 Å². The van der Waals surface area contributed by atoms with E-state index in [4.69, 9.17) is 0 Å². The molecule has 1 heterocycles. The Balaban J connectivity index is 2.83. The molecule has 0 atom stereocenters. The summed E-state index contributed by atoms with van der Waals surface area (Å²) >= 11 is 3.37. The normalized spacial score (nSPS) is 10.3. The Hall–Kier alpha value is -0.960. The first kappa shape index (κ1) is 6.73. The minimum absolute atomic E-state index is 0.920. The summed E-state index contributed by atoms with van der Waals surface area (Å²) in [6, 6.07) is 5.85. The van der Waals surface area contributed by atoms with Gasteiger partial charge in [-0.15, -0.1) is 0 Å². The first-order valence-electron chi connectivity index (χ1n) is 3.14. The van der Waals surface area contributed by atoms with Gasteiger partial charge in [0.15, 0.2) is 6.33 Å². The predicted octanol–water partition coefficient (Wildman–Crippen LogP) is 2.19. The Morgan fingerprint density at radius 3 is 3.18 bits per heavy atom. The number of hydrogen-bond donors (Lipinski definition) is 0. The van der Waals surface area contributed by atoms with E-state index in [-0.39, 0.29) is 0 Å². The summed E-state index contributed by atoms with van der Waals surface area (Å²) in [6.07, 6.45) is 4.28. The summed E-state index contributed by atoms with van der Waals surface area (Å²) < 4.78 is 1.04. The predicted molar refractivity (Wildman–Crippen MR) is 46.1 cm³/mol. The summed E-state index contributed by atoms with van der Waals surface area (Å²) in [6.45, 7) is 0. The van der Waals surface area contributed by atoms with Crippen molar-refractivity contribution in [1.29, 1.82) is 0 Å². The van der Waals surface area contributed by atoms with Crippen molar-refractivity contribution in [2.75, 3.05) is 0 Å². The summed E-state index contributed by atoms with van der Waals surface area (Å²) in [5.74, 6) is 0. The first-order valence-corrected chi connectivity index (χ1v) is 3.94. The number of hydrogen-bond acceptors (Lipinski definition) is 2. The molecule has 0 aliphatic rings. The van der Waals surface area contributed by atoms with Crippen LogP contribution in [0.3, 0.4) is 0 Å². The Labute approximate surface area is 72.4 Å². The van der Waals surface area contributed by atoms with Crippen molar-refractivity contribution in [2.45, 2.75) is 0 Å². The highest BCUT2D eigenvalue weighted by molar-refractivity contribution is 9.10. The molecular formula is C8H4BrN2. The maximum absolute atomic E-state index is 3.97. The highest BCUT2D eigenvalue weighted by atomic mass is 79.9. The molecule has 0 amide bonds. The lowest BCUT2D eigenvalue weighted by Crippen LogP contribution is -1.79. The van der Waals surface area contributed by atoms with Crippen LogP contribution in [0.2, 0.25) is 0 Å². The number of fused-ring (bicyclic) bond motifs is 1. The zero-order valence-electron chi connectivity index (χ0n) is 5.58. The number of benzene rings is 1. The molecule has 3 heteroatoms. The Morgan fingerprint density at radius 1 is 1.36 bits per heavy atom. The lowest BCUT2D eigenvalue weighted by Gasteiger charge is -1.93. The molecule has 53 valence electrons. The van der Waals surface area contributed by atoms with Crippen molar-refractivity contribution in [1.82, 2.24) is 9.97 Å². The molecule has 0 aliphatic heterocycles. The van der Waals surface area contributed by atoms with Gasteiger partial charge in [0.1, 0.15) is 0 Å². The summed E-state index contributed by atoms with van der Waals surface area (Å²) in [4.78, 5) is 7.76. The molecule has 0 spiro atoms. The van der Waals surface area contributed by atoms with Crippen LogP contribution in [0, 0.1) is 6.33 Å². The molecule has 2 nitrogen and oxygen atoms in total. The highest BCUT2D eigenvalue weighted by Gasteiger charge is 1.93. The fraction of sp³-hybridized carbons (Fsp3) is 0. The number of halogens is 1. The van der Waals surface area contributed by atoms with E-state index in [9.17, 15) is 0 Å². The van der Waals surface area contributed by atoms with Gasteiger partial charge in [0.25, 0.3) is 0 Å². The Bertz CT molecular complexity index is 387. The van der Waals surface area contributed by atoms with Gasteiger partial charge < -0.3 is 0 Å². The molecule has 1 radical (unpaired) electrons. The smallest absolute Gasteiger partial charge is 0.198 e. The van der Waals surface area contributed by atoms with Crippen molar-refractivity contribution < 1.29 is 0 Å². The SMILES string of the molecule is Brc1ccc2n[c]ncc2c1. The van der Waals surface area contributed by atoms with Gasteiger partial charge in [0.05, 0.1) is 5.52 Å². The van der Waals surface area contributed by atoms with E-state index in [2.05, 4.69) is 32.2 Å². The van der Waals surface area contributed by atoms with Gasteiger partial charge in [-0.2, -0.15) is 0 Å². The van der Waals surface area contributed by atoms with E-state index in [1.165, 1.54) is 0 Å². The second kappa shape index (κ2) is 2.58. The molecule has 0 saturated carbocycles. The van der Waals surface area contributed by atoms with Crippen LogP contribution in [0.1, 0.15) is 0 Å². The van der Waals surface area contributed by atoms with Crippen LogP contribution < -0.4 is 0 Å². The molecular weight excluding hydrogens is 204 g/mol. The quantitative estimate of drug-likeness (QED) is 0.663. The third kappa shape index (κ3) is 1.24. The average molecular weight is 208 g/mol. The molecule has 0 N–H and O–H groups in total. The van der Waals surface area contributed by atoms with Crippen LogP contribution in [-0.2, 0) is 0 Å². The van der Waals surface area contributed by atoms with Gasteiger partial charge in [0, 0.05) is 16.1 Å². The molecule has 2 rings (SSSR count). The molecule has 1 aromatic carbocycles. The topological polar surface area (TPSA) is 25.8 Å². The molecule has 0 bridgehead atoms. The van der Waals surface area contributed by atoms with Gasteiger partial charge in [-0.05, 0) is 18.2 Å². The lowest BCUT2D eigenvalue weighted by atomic mass is 10.2. The standard InChI is InChI=1S/C8H4BrN2/c9-7-1-2-8-6(3-7)4-10-5-11-8/h1-4H. The van der Waals surface area contributed by atoms with Gasteiger partial charge in [-0.3, -0.25) is 0 Å². The van der Waals surface area contributed by atoms with Crippen molar-refractivity contribution >= 4 is 26.8 Å². The number of aromatic nitrogens is 2. The number of nitrogens with zero attached hydrogens (tertiary/aromatic N) is 2. The van der Waals surface area contributed by atoms with E-state index < -0.39 is 0 Å². The van der Waals surface area contributed by atoms with Gasteiger partial charge in [-0.25, -0.2) is 9.97 Å². The van der Waals surface area contributed by atoms with Crippen molar-refractivity contribution in [3.8, 4) is 0 Å². The second-order valence-electron chi connectivity index (χ2n) is 2.17. The van der Waals surface area contributed by atoms with Crippen molar-refractivity contribution in [3.05, 3.63) is 35.2 Å². The van der Waals surface area contributed by atoms with Crippen LogP contribution in [0.25, 0.3) is 10.9 Å². The first-order chi connectivity index (χ1) is 5.36. The van der Waals surface area contributed by atoms with Gasteiger partial charge in [-0.1, -0.05) is 15.9 Å². The van der Waals surface area contributed by atoms with Crippen LogP contribution in [-0.4, -0.2) is 9.97 Å². The van der Waals surface area contributed by atoms with Crippen LogP contribution in [0.5, 0.6) is 0 Å². The average Bonchev–Trinajstić information content (AvgIpc) is 2.04. The Kier molecular flexibility index (Phi) is 1.58.